The maximum Gasteiger partial charge on any atom is 0.175 e. The van der Waals surface area contributed by atoms with Gasteiger partial charge in [0.1, 0.15) is 23.9 Å². The molecule has 3 nitrogen and oxygen atoms in total. The second-order valence-corrected chi connectivity index (χ2v) is 8.03. The van der Waals surface area contributed by atoms with Gasteiger partial charge in [-0.25, -0.2) is 26.0 Å². The summed E-state index contributed by atoms with van der Waals surface area (Å²) in [5.41, 5.74) is -0.609. The predicted octanol–water partition coefficient (Wildman–Crippen LogP) is 3.35. The van der Waals surface area contributed by atoms with Crippen LogP contribution in [0.25, 0.3) is 0 Å². The molecule has 0 radical (unpaired) electrons. The van der Waals surface area contributed by atoms with Gasteiger partial charge in [-0.1, -0.05) is 6.07 Å². The first-order chi connectivity index (χ1) is 11.6. The third kappa shape index (κ3) is 3.16. The van der Waals surface area contributed by atoms with Crippen LogP contribution in [-0.2, 0) is 16.3 Å². The van der Waals surface area contributed by atoms with Crippen LogP contribution in [-0.4, -0.2) is 26.0 Å². The van der Waals surface area contributed by atoms with Crippen LogP contribution < -0.4 is 0 Å². The minimum Gasteiger partial charge on any atom is -0.385 e. The highest BCUT2D eigenvalue weighted by Gasteiger charge is 2.38. The molecule has 8 heteroatoms. The fourth-order valence-electron chi connectivity index (χ4n) is 3.16. The Morgan fingerprint density at radius 2 is 1.76 bits per heavy atom. The molecule has 0 saturated heterocycles. The maximum atomic E-state index is 14.9. The molecule has 0 spiro atoms. The van der Waals surface area contributed by atoms with E-state index >= 15 is 0 Å². The van der Waals surface area contributed by atoms with Crippen LogP contribution >= 0.6 is 0 Å². The Morgan fingerprint density at radius 3 is 2.32 bits per heavy atom. The molecule has 1 aliphatic carbocycles. The number of aliphatic hydroxyl groups is 1. The molecule has 134 valence electrons. The summed E-state index contributed by atoms with van der Waals surface area (Å²) in [4.78, 5) is -0.281. The van der Waals surface area contributed by atoms with Crippen molar-refractivity contribution in [2.45, 2.75) is 29.8 Å². The lowest BCUT2D eigenvalue weighted by Gasteiger charge is -2.17. The first-order valence-electron chi connectivity index (χ1n) is 7.37. The van der Waals surface area contributed by atoms with Crippen molar-refractivity contribution in [1.82, 2.24) is 0 Å². The fraction of sp³-hybridized carbons (Fsp3) is 0.294. The average molecular weight is 374 g/mol. The quantitative estimate of drug-likeness (QED) is 0.839. The Balaban J connectivity index is 2.19. The fourth-order valence-corrected chi connectivity index (χ4v) is 4.12. The van der Waals surface area contributed by atoms with Gasteiger partial charge in [-0.05, 0) is 34.9 Å². The van der Waals surface area contributed by atoms with Crippen molar-refractivity contribution in [3.8, 4) is 0 Å². The van der Waals surface area contributed by atoms with E-state index in [9.17, 15) is 31.1 Å². The highest BCUT2D eigenvalue weighted by atomic mass is 32.2. The average Bonchev–Trinajstić information content (AvgIpc) is 2.79. The summed E-state index contributed by atoms with van der Waals surface area (Å²) >= 11 is 0. The second-order valence-electron chi connectivity index (χ2n) is 6.05. The van der Waals surface area contributed by atoms with Crippen LogP contribution in [0.4, 0.5) is 17.6 Å². The zero-order valence-electron chi connectivity index (χ0n) is 13.0. The highest BCUT2D eigenvalue weighted by molar-refractivity contribution is 7.90. The van der Waals surface area contributed by atoms with E-state index in [-0.39, 0.29) is 33.6 Å². The van der Waals surface area contributed by atoms with Crippen molar-refractivity contribution in [2.75, 3.05) is 6.26 Å². The number of halogens is 4. The van der Waals surface area contributed by atoms with Crippen molar-refractivity contribution in [3.63, 3.8) is 0 Å². The maximum absolute atomic E-state index is 14.9. The van der Waals surface area contributed by atoms with Gasteiger partial charge < -0.3 is 5.11 Å². The molecule has 0 heterocycles. The monoisotopic (exact) mass is 374 g/mol. The van der Waals surface area contributed by atoms with E-state index in [0.29, 0.717) is 6.07 Å². The standard InChI is InChI=1S/C17H14F4O3S/c1-25(23,24)14-3-2-11(12-7-13(20)17(22)15(12)14)16(21)8-4-9(18)6-10(19)5-8/h2-6,13,16-17,22H,7H2,1H3/t13-,16+,17-/m1/s1. The zero-order chi connectivity index (χ0) is 18.5. The molecule has 0 bridgehead atoms. The SMILES string of the molecule is CS(=O)(=O)c1ccc([C@@H](F)c2cc(F)cc(F)c2)c2c1[C@H](O)[C@H](F)C2. The predicted molar refractivity (Wildman–Crippen MR) is 82.4 cm³/mol. The Bertz CT molecular complexity index is 923. The van der Waals surface area contributed by atoms with Crippen molar-refractivity contribution >= 4 is 9.84 Å². The van der Waals surface area contributed by atoms with Gasteiger partial charge in [0, 0.05) is 24.3 Å². The van der Waals surface area contributed by atoms with Gasteiger partial charge in [-0.3, -0.25) is 0 Å². The summed E-state index contributed by atoms with van der Waals surface area (Å²) in [7, 11) is -3.77. The molecule has 3 rings (SSSR count). The summed E-state index contributed by atoms with van der Waals surface area (Å²) in [6.07, 6.45) is -4.96. The zero-order valence-corrected chi connectivity index (χ0v) is 13.8. The molecular weight excluding hydrogens is 360 g/mol. The lowest BCUT2D eigenvalue weighted by Crippen LogP contribution is -2.10. The highest BCUT2D eigenvalue weighted by Crippen LogP contribution is 2.43. The van der Waals surface area contributed by atoms with Crippen LogP contribution in [0.1, 0.15) is 34.5 Å². The molecule has 0 saturated carbocycles. The Labute approximate surface area is 141 Å². The number of aliphatic hydroxyl groups excluding tert-OH is 1. The summed E-state index contributed by atoms with van der Waals surface area (Å²) in [5.74, 6) is -1.93. The minimum absolute atomic E-state index is 0.0140. The minimum atomic E-state index is -3.77. The number of sulfone groups is 1. The van der Waals surface area contributed by atoms with E-state index < -0.39 is 39.9 Å². The largest absolute Gasteiger partial charge is 0.385 e. The normalized spacial score (nSPS) is 21.2. The number of fused-ring (bicyclic) bond motifs is 1. The third-order valence-corrected chi connectivity index (χ3v) is 5.40. The van der Waals surface area contributed by atoms with Gasteiger partial charge in [-0.15, -0.1) is 0 Å². The Kier molecular flexibility index (Phi) is 4.36. The third-order valence-electron chi connectivity index (χ3n) is 4.24. The molecule has 1 aliphatic rings. The van der Waals surface area contributed by atoms with E-state index in [2.05, 4.69) is 0 Å². The van der Waals surface area contributed by atoms with E-state index in [4.69, 9.17) is 0 Å². The molecule has 25 heavy (non-hydrogen) atoms. The van der Waals surface area contributed by atoms with E-state index in [1.807, 2.05) is 0 Å². The Hall–Kier alpha value is -1.93. The van der Waals surface area contributed by atoms with Crippen molar-refractivity contribution in [2.24, 2.45) is 0 Å². The smallest absolute Gasteiger partial charge is 0.175 e. The summed E-state index contributed by atoms with van der Waals surface area (Å²) < 4.78 is 79.2. The molecular formula is C17H14F4O3S. The van der Waals surface area contributed by atoms with Gasteiger partial charge in [0.15, 0.2) is 16.0 Å². The topological polar surface area (TPSA) is 54.4 Å². The molecule has 0 unspecified atom stereocenters. The van der Waals surface area contributed by atoms with Crippen molar-refractivity contribution < 1.29 is 31.1 Å². The van der Waals surface area contributed by atoms with Gasteiger partial charge in [0.05, 0.1) is 4.90 Å². The van der Waals surface area contributed by atoms with Gasteiger partial charge in [0.2, 0.25) is 0 Å². The van der Waals surface area contributed by atoms with Crippen LogP contribution in [0.2, 0.25) is 0 Å². The van der Waals surface area contributed by atoms with Gasteiger partial charge >= 0.3 is 0 Å². The second kappa shape index (κ2) is 6.10. The molecule has 0 aromatic heterocycles. The molecule has 0 aliphatic heterocycles. The van der Waals surface area contributed by atoms with Gasteiger partial charge in [-0.2, -0.15) is 0 Å². The number of hydrogen-bond donors (Lipinski definition) is 1. The summed E-state index contributed by atoms with van der Waals surface area (Å²) in [6, 6.07) is 4.43. The van der Waals surface area contributed by atoms with E-state index in [1.165, 1.54) is 0 Å². The molecule has 2 aromatic carbocycles. The number of rotatable bonds is 3. The van der Waals surface area contributed by atoms with Crippen LogP contribution in [0.3, 0.4) is 0 Å². The molecule has 3 atom stereocenters. The van der Waals surface area contributed by atoms with Crippen LogP contribution in [0, 0.1) is 11.6 Å². The van der Waals surface area contributed by atoms with E-state index in [1.54, 1.807) is 0 Å². The Morgan fingerprint density at radius 1 is 1.16 bits per heavy atom. The van der Waals surface area contributed by atoms with Gasteiger partial charge in [0.25, 0.3) is 0 Å². The number of alkyl halides is 2. The lowest BCUT2D eigenvalue weighted by atomic mass is 9.95. The van der Waals surface area contributed by atoms with Crippen molar-refractivity contribution in [1.29, 1.82) is 0 Å². The number of benzene rings is 2. The molecule has 0 amide bonds. The summed E-state index contributed by atoms with van der Waals surface area (Å²) in [6.45, 7) is 0. The summed E-state index contributed by atoms with van der Waals surface area (Å²) in [5, 5.41) is 9.98. The first kappa shape index (κ1) is 17.9. The van der Waals surface area contributed by atoms with Crippen molar-refractivity contribution in [3.05, 3.63) is 64.2 Å². The van der Waals surface area contributed by atoms with Crippen LogP contribution in [0.15, 0.2) is 35.2 Å². The molecule has 2 aromatic rings. The van der Waals surface area contributed by atoms with Crippen LogP contribution in [0.5, 0.6) is 0 Å². The lowest BCUT2D eigenvalue weighted by molar-refractivity contribution is 0.0907. The molecule has 1 N–H and O–H groups in total. The molecule has 0 fully saturated rings. The van der Waals surface area contributed by atoms with E-state index in [0.717, 1.165) is 30.5 Å². The number of hydrogen-bond acceptors (Lipinski definition) is 3. The first-order valence-corrected chi connectivity index (χ1v) is 9.26.